The summed E-state index contributed by atoms with van der Waals surface area (Å²) in [5.41, 5.74) is 6.42. The first-order valence-electron chi connectivity index (χ1n) is 7.15. The molecule has 1 aromatic rings. The van der Waals surface area contributed by atoms with Crippen LogP contribution in [0.3, 0.4) is 0 Å². The largest absolute Gasteiger partial charge is 0.364 e. The van der Waals surface area contributed by atoms with Crippen LogP contribution in [0.4, 0.5) is 0 Å². The first-order chi connectivity index (χ1) is 10.4. The predicted octanol–water partition coefficient (Wildman–Crippen LogP) is -0.501. The smallest absolute Gasteiger partial charge is 0.249 e. The summed E-state index contributed by atoms with van der Waals surface area (Å²) in [6.07, 6.45) is 1.66. The second kappa shape index (κ2) is 7.19. The molecule has 8 heteroatoms. The lowest BCUT2D eigenvalue weighted by Gasteiger charge is -2.12. The maximum absolute atomic E-state index is 11.9. The van der Waals surface area contributed by atoms with E-state index in [0.29, 0.717) is 25.9 Å². The Bertz CT molecular complexity index is 615. The molecule has 5 N–H and O–H groups in total. The summed E-state index contributed by atoms with van der Waals surface area (Å²) < 4.78 is 27.8. The Hall–Kier alpha value is -1.48. The third kappa shape index (κ3) is 4.51. The maximum Gasteiger partial charge on any atom is 0.249 e. The maximum atomic E-state index is 11.9. The molecule has 122 valence electrons. The third-order valence-corrected chi connectivity index (χ3v) is 4.56. The molecule has 0 aromatic heterocycles. The van der Waals surface area contributed by atoms with Gasteiger partial charge in [-0.25, -0.2) is 13.6 Å². The van der Waals surface area contributed by atoms with E-state index in [4.69, 9.17) is 15.6 Å². The van der Waals surface area contributed by atoms with E-state index < -0.39 is 16.1 Å². The summed E-state index contributed by atoms with van der Waals surface area (Å²) in [5, 5.41) is 7.85. The molecule has 2 rings (SSSR count). The van der Waals surface area contributed by atoms with Crippen molar-refractivity contribution in [3.05, 3.63) is 29.8 Å². The zero-order chi connectivity index (χ0) is 16.2. The van der Waals surface area contributed by atoms with Crippen molar-refractivity contribution in [2.75, 3.05) is 13.1 Å². The Morgan fingerprint density at radius 2 is 1.95 bits per heavy atom. The highest BCUT2D eigenvalue weighted by Crippen LogP contribution is 2.18. The van der Waals surface area contributed by atoms with Gasteiger partial charge in [-0.3, -0.25) is 4.79 Å². The zero-order valence-corrected chi connectivity index (χ0v) is 13.0. The number of carbonyl (C=O) groups is 1. The van der Waals surface area contributed by atoms with Gasteiger partial charge in [-0.2, -0.15) is 0 Å². The SMILES string of the molecule is NC[C@H]1CC[C@@H](C(=O)NCCc2ccc(S(N)(=O)=O)cc2)O1. The molecule has 0 saturated carbocycles. The van der Waals surface area contributed by atoms with Crippen molar-refractivity contribution in [3.8, 4) is 0 Å². The van der Waals surface area contributed by atoms with Gasteiger partial charge in [0.1, 0.15) is 6.10 Å². The van der Waals surface area contributed by atoms with Crippen LogP contribution in [0.1, 0.15) is 18.4 Å². The highest BCUT2D eigenvalue weighted by molar-refractivity contribution is 7.89. The average molecular weight is 327 g/mol. The fraction of sp³-hybridized carbons (Fsp3) is 0.500. The Morgan fingerprint density at radius 3 is 2.50 bits per heavy atom. The third-order valence-electron chi connectivity index (χ3n) is 3.63. The molecule has 1 aliphatic rings. The molecule has 1 aromatic carbocycles. The molecule has 0 spiro atoms. The quantitative estimate of drug-likeness (QED) is 0.649. The van der Waals surface area contributed by atoms with E-state index in [1.807, 2.05) is 0 Å². The number of carbonyl (C=O) groups excluding carboxylic acids is 1. The summed E-state index contributed by atoms with van der Waals surface area (Å²) in [5.74, 6) is -0.128. The second-order valence-electron chi connectivity index (χ2n) is 5.29. The number of nitrogens with two attached hydrogens (primary N) is 2. The first-order valence-corrected chi connectivity index (χ1v) is 8.70. The van der Waals surface area contributed by atoms with Crippen LogP contribution in [0.5, 0.6) is 0 Å². The van der Waals surface area contributed by atoms with E-state index >= 15 is 0 Å². The summed E-state index contributed by atoms with van der Waals surface area (Å²) in [4.78, 5) is 12.0. The molecule has 0 unspecified atom stereocenters. The molecule has 1 amide bonds. The Balaban J connectivity index is 1.78. The second-order valence-corrected chi connectivity index (χ2v) is 6.85. The number of benzene rings is 1. The normalized spacial score (nSPS) is 21.7. The molecule has 0 radical (unpaired) electrons. The van der Waals surface area contributed by atoms with Gasteiger partial charge in [-0.05, 0) is 37.0 Å². The Labute approximate surface area is 130 Å². The van der Waals surface area contributed by atoms with Gasteiger partial charge in [-0.15, -0.1) is 0 Å². The van der Waals surface area contributed by atoms with Gasteiger partial charge in [-0.1, -0.05) is 12.1 Å². The molecule has 1 fully saturated rings. The van der Waals surface area contributed by atoms with E-state index in [9.17, 15) is 13.2 Å². The lowest BCUT2D eigenvalue weighted by atomic mass is 10.1. The predicted molar refractivity (Wildman–Crippen MR) is 81.5 cm³/mol. The Kier molecular flexibility index (Phi) is 5.52. The standard InChI is InChI=1S/C14H21N3O4S/c15-9-11-3-6-13(21-11)14(18)17-8-7-10-1-4-12(5-2-10)22(16,19)20/h1-2,4-5,11,13H,3,6-9,15H2,(H,17,18)(H2,16,19,20)/t11-,13+/m1/s1. The van der Waals surface area contributed by atoms with Gasteiger partial charge in [0.15, 0.2) is 0 Å². The van der Waals surface area contributed by atoms with E-state index in [2.05, 4.69) is 5.32 Å². The van der Waals surface area contributed by atoms with Crippen molar-refractivity contribution < 1.29 is 17.9 Å². The molecule has 22 heavy (non-hydrogen) atoms. The zero-order valence-electron chi connectivity index (χ0n) is 12.2. The number of rotatable bonds is 6. The lowest BCUT2D eigenvalue weighted by molar-refractivity contribution is -0.131. The number of sulfonamides is 1. The minimum absolute atomic E-state index is 0.0264. The number of nitrogens with one attached hydrogen (secondary N) is 1. The molecule has 2 atom stereocenters. The topological polar surface area (TPSA) is 125 Å². The number of ether oxygens (including phenoxy) is 1. The van der Waals surface area contributed by atoms with Crippen molar-refractivity contribution in [1.82, 2.24) is 5.32 Å². The fourth-order valence-corrected chi connectivity index (χ4v) is 2.88. The van der Waals surface area contributed by atoms with Crippen LogP contribution in [0.15, 0.2) is 29.2 Å². The van der Waals surface area contributed by atoms with Crippen LogP contribution in [0, 0.1) is 0 Å². The van der Waals surface area contributed by atoms with Crippen LogP contribution in [-0.2, 0) is 26.0 Å². The monoisotopic (exact) mass is 327 g/mol. The molecule has 1 saturated heterocycles. The van der Waals surface area contributed by atoms with Gasteiger partial charge >= 0.3 is 0 Å². The minimum atomic E-state index is -3.67. The van der Waals surface area contributed by atoms with Crippen molar-refractivity contribution in [3.63, 3.8) is 0 Å². The summed E-state index contributed by atoms with van der Waals surface area (Å²) in [7, 11) is -3.67. The number of hydrogen-bond acceptors (Lipinski definition) is 5. The Morgan fingerprint density at radius 1 is 1.27 bits per heavy atom. The van der Waals surface area contributed by atoms with Gasteiger partial charge in [0.25, 0.3) is 0 Å². The average Bonchev–Trinajstić information content (AvgIpc) is 2.96. The van der Waals surface area contributed by atoms with Crippen molar-refractivity contribution in [2.45, 2.75) is 36.4 Å². The van der Waals surface area contributed by atoms with E-state index in [0.717, 1.165) is 12.0 Å². The molecule has 0 bridgehead atoms. The highest BCUT2D eigenvalue weighted by Gasteiger charge is 2.29. The molecular weight excluding hydrogens is 306 g/mol. The van der Waals surface area contributed by atoms with E-state index in [1.165, 1.54) is 12.1 Å². The van der Waals surface area contributed by atoms with Gasteiger partial charge in [0.05, 0.1) is 11.0 Å². The highest BCUT2D eigenvalue weighted by atomic mass is 32.2. The van der Waals surface area contributed by atoms with Gasteiger partial charge in [0.2, 0.25) is 15.9 Å². The lowest BCUT2D eigenvalue weighted by Crippen LogP contribution is -2.36. The van der Waals surface area contributed by atoms with Crippen molar-refractivity contribution >= 4 is 15.9 Å². The van der Waals surface area contributed by atoms with Gasteiger partial charge < -0.3 is 15.8 Å². The van der Waals surface area contributed by atoms with E-state index in [1.54, 1.807) is 12.1 Å². The summed E-state index contributed by atoms with van der Waals surface area (Å²) >= 11 is 0. The van der Waals surface area contributed by atoms with Crippen molar-refractivity contribution in [1.29, 1.82) is 0 Å². The van der Waals surface area contributed by atoms with Crippen LogP contribution in [-0.4, -0.2) is 39.6 Å². The number of amides is 1. The number of primary sulfonamides is 1. The molecular formula is C14H21N3O4S. The molecule has 0 aliphatic carbocycles. The molecule has 7 nitrogen and oxygen atoms in total. The van der Waals surface area contributed by atoms with E-state index in [-0.39, 0.29) is 16.9 Å². The minimum Gasteiger partial charge on any atom is -0.364 e. The molecule has 1 heterocycles. The fourth-order valence-electron chi connectivity index (χ4n) is 2.36. The van der Waals surface area contributed by atoms with Crippen LogP contribution >= 0.6 is 0 Å². The van der Waals surface area contributed by atoms with Crippen LogP contribution in [0.2, 0.25) is 0 Å². The van der Waals surface area contributed by atoms with Crippen LogP contribution < -0.4 is 16.2 Å². The van der Waals surface area contributed by atoms with Crippen LogP contribution in [0.25, 0.3) is 0 Å². The van der Waals surface area contributed by atoms with Crippen molar-refractivity contribution in [2.24, 2.45) is 10.9 Å². The number of hydrogen-bond donors (Lipinski definition) is 3. The molecule has 1 aliphatic heterocycles. The summed E-state index contributed by atoms with van der Waals surface area (Å²) in [6, 6.07) is 6.28. The first kappa shape index (κ1) is 16.9. The van der Waals surface area contributed by atoms with Gasteiger partial charge in [0, 0.05) is 13.1 Å². The summed E-state index contributed by atoms with van der Waals surface area (Å²) in [6.45, 7) is 0.890.